The molecule has 0 aliphatic rings. The smallest absolute Gasteiger partial charge is 0.366 e. The van der Waals surface area contributed by atoms with Crippen LogP contribution in [-0.4, -0.2) is 18.9 Å². The summed E-state index contributed by atoms with van der Waals surface area (Å²) in [5.74, 6) is -1.07. The van der Waals surface area contributed by atoms with Crippen molar-refractivity contribution in [2.45, 2.75) is 13.1 Å². The van der Waals surface area contributed by atoms with Crippen molar-refractivity contribution in [1.82, 2.24) is 0 Å². The molecule has 140 valence electrons. The Kier molecular flexibility index (Phi) is 7.10. The Hall–Kier alpha value is -2.65. The molecule has 0 heterocycles. The molecule has 0 unspecified atom stereocenters. The van der Waals surface area contributed by atoms with Crippen LogP contribution in [0.15, 0.2) is 53.9 Å². The van der Waals surface area contributed by atoms with Crippen LogP contribution in [0.25, 0.3) is 6.08 Å². The van der Waals surface area contributed by atoms with Crippen LogP contribution in [0.4, 0.5) is 13.2 Å². The standard InChI is InChI=1S/C9H8F3NO.C8H8O3S/c1-5-2-3-6(8(13)14)7(4-5)9(10,11)12;9-12(10,11)7-6-8-4-2-1-3-5-8/h2-4H,1H3,(H2,13,14);1-7H,(H,9,10,11). The van der Waals surface area contributed by atoms with Gasteiger partial charge in [-0.05, 0) is 30.7 Å². The molecule has 5 nitrogen and oxygen atoms in total. The largest absolute Gasteiger partial charge is 0.417 e. The summed E-state index contributed by atoms with van der Waals surface area (Å²) in [5.41, 5.74) is 4.51. The van der Waals surface area contributed by atoms with E-state index in [2.05, 4.69) is 0 Å². The lowest BCUT2D eigenvalue weighted by atomic mass is 10.0. The maximum absolute atomic E-state index is 12.4. The number of primary amides is 1. The molecule has 0 bridgehead atoms. The third-order valence-electron chi connectivity index (χ3n) is 2.98. The van der Waals surface area contributed by atoms with Gasteiger partial charge in [0.2, 0.25) is 5.91 Å². The molecule has 2 aromatic carbocycles. The van der Waals surface area contributed by atoms with E-state index in [1.807, 2.05) is 6.07 Å². The zero-order valence-electron chi connectivity index (χ0n) is 13.6. The topological polar surface area (TPSA) is 97.5 Å². The van der Waals surface area contributed by atoms with Gasteiger partial charge in [-0.2, -0.15) is 21.6 Å². The van der Waals surface area contributed by atoms with E-state index in [-0.39, 0.29) is 0 Å². The Morgan fingerprint density at radius 2 is 1.69 bits per heavy atom. The quantitative estimate of drug-likeness (QED) is 0.786. The summed E-state index contributed by atoms with van der Waals surface area (Å²) < 4.78 is 66.1. The molecule has 0 saturated carbocycles. The van der Waals surface area contributed by atoms with E-state index in [1.54, 1.807) is 24.3 Å². The Labute approximate surface area is 148 Å². The monoisotopic (exact) mass is 387 g/mol. The lowest BCUT2D eigenvalue weighted by molar-refractivity contribution is -0.137. The first-order chi connectivity index (χ1) is 11.9. The van der Waals surface area contributed by atoms with Gasteiger partial charge in [-0.3, -0.25) is 9.35 Å². The second-order valence-electron chi connectivity index (χ2n) is 5.14. The molecule has 26 heavy (non-hydrogen) atoms. The van der Waals surface area contributed by atoms with Crippen molar-refractivity contribution in [2.75, 3.05) is 0 Å². The van der Waals surface area contributed by atoms with Crippen molar-refractivity contribution in [3.05, 3.63) is 76.2 Å². The lowest BCUT2D eigenvalue weighted by Crippen LogP contribution is -2.18. The van der Waals surface area contributed by atoms with E-state index in [0.717, 1.165) is 23.1 Å². The van der Waals surface area contributed by atoms with Crippen LogP contribution in [0.1, 0.15) is 27.0 Å². The van der Waals surface area contributed by atoms with Crippen LogP contribution in [0.5, 0.6) is 0 Å². The van der Waals surface area contributed by atoms with Gasteiger partial charge >= 0.3 is 6.18 Å². The number of nitrogens with two attached hydrogens (primary N) is 1. The van der Waals surface area contributed by atoms with Crippen LogP contribution < -0.4 is 5.73 Å². The first-order valence-corrected chi connectivity index (χ1v) is 8.59. The molecule has 0 aliphatic carbocycles. The maximum atomic E-state index is 12.4. The highest BCUT2D eigenvalue weighted by atomic mass is 32.2. The van der Waals surface area contributed by atoms with Crippen molar-refractivity contribution >= 4 is 22.1 Å². The van der Waals surface area contributed by atoms with Crippen LogP contribution in [0, 0.1) is 6.92 Å². The summed E-state index contributed by atoms with van der Waals surface area (Å²) in [6.45, 7) is 1.51. The minimum Gasteiger partial charge on any atom is -0.366 e. The van der Waals surface area contributed by atoms with E-state index in [1.165, 1.54) is 19.1 Å². The molecule has 0 spiro atoms. The highest BCUT2D eigenvalue weighted by molar-refractivity contribution is 7.88. The Morgan fingerprint density at radius 1 is 1.12 bits per heavy atom. The number of alkyl halides is 3. The fourth-order valence-electron chi connectivity index (χ4n) is 1.84. The van der Waals surface area contributed by atoms with Crippen molar-refractivity contribution < 1.29 is 30.9 Å². The van der Waals surface area contributed by atoms with E-state index >= 15 is 0 Å². The van der Waals surface area contributed by atoms with Gasteiger partial charge in [-0.1, -0.05) is 42.0 Å². The third kappa shape index (κ3) is 7.49. The maximum Gasteiger partial charge on any atom is 0.417 e. The zero-order chi connectivity index (χ0) is 20.0. The van der Waals surface area contributed by atoms with Crippen molar-refractivity contribution in [3.63, 3.8) is 0 Å². The molecule has 3 N–H and O–H groups in total. The fraction of sp³-hybridized carbons (Fsp3) is 0.118. The van der Waals surface area contributed by atoms with Crippen LogP contribution in [0.3, 0.4) is 0 Å². The van der Waals surface area contributed by atoms with Gasteiger partial charge in [0.1, 0.15) is 0 Å². The summed E-state index contributed by atoms with van der Waals surface area (Å²) >= 11 is 0. The van der Waals surface area contributed by atoms with Crippen LogP contribution in [-0.2, 0) is 16.3 Å². The average Bonchev–Trinajstić information content (AvgIpc) is 2.53. The highest BCUT2D eigenvalue weighted by Gasteiger charge is 2.34. The van der Waals surface area contributed by atoms with Gasteiger partial charge in [0.05, 0.1) is 16.5 Å². The molecule has 1 amide bonds. The molecule has 0 saturated heterocycles. The average molecular weight is 387 g/mol. The molecular weight excluding hydrogens is 371 g/mol. The van der Waals surface area contributed by atoms with Gasteiger partial charge in [0.15, 0.2) is 0 Å². The summed E-state index contributed by atoms with van der Waals surface area (Å²) in [5, 5.41) is 0.752. The normalized spacial score (nSPS) is 11.7. The summed E-state index contributed by atoms with van der Waals surface area (Å²) in [4.78, 5) is 10.7. The minimum absolute atomic E-state index is 0.433. The Bertz CT molecular complexity index is 892. The first-order valence-electron chi connectivity index (χ1n) is 7.08. The number of aryl methyl sites for hydroxylation is 1. The summed E-state index contributed by atoms with van der Waals surface area (Å²) in [7, 11) is -4.00. The minimum atomic E-state index is -4.55. The van der Waals surface area contributed by atoms with Gasteiger partial charge in [-0.25, -0.2) is 0 Å². The summed E-state index contributed by atoms with van der Waals surface area (Å²) in [6.07, 6.45) is -3.22. The second kappa shape index (κ2) is 8.63. The number of rotatable bonds is 3. The molecule has 0 radical (unpaired) electrons. The van der Waals surface area contributed by atoms with Gasteiger partial charge < -0.3 is 5.73 Å². The van der Waals surface area contributed by atoms with Crippen molar-refractivity contribution in [3.8, 4) is 0 Å². The molecule has 0 atom stereocenters. The molecule has 2 rings (SSSR count). The molecule has 0 aliphatic heterocycles. The third-order valence-corrected chi connectivity index (χ3v) is 3.46. The zero-order valence-corrected chi connectivity index (χ0v) is 14.4. The number of carbonyl (C=O) groups is 1. The Balaban J connectivity index is 0.000000263. The van der Waals surface area contributed by atoms with E-state index in [9.17, 15) is 26.4 Å². The predicted molar refractivity (Wildman–Crippen MR) is 91.7 cm³/mol. The Morgan fingerprint density at radius 3 is 2.15 bits per heavy atom. The fourth-order valence-corrected chi connectivity index (χ4v) is 2.17. The van der Waals surface area contributed by atoms with Gasteiger partial charge in [0, 0.05) is 0 Å². The molecule has 0 fully saturated rings. The van der Waals surface area contributed by atoms with Crippen LogP contribution in [0.2, 0.25) is 0 Å². The second-order valence-corrected chi connectivity index (χ2v) is 6.44. The van der Waals surface area contributed by atoms with Gasteiger partial charge in [0.25, 0.3) is 10.1 Å². The van der Waals surface area contributed by atoms with E-state index in [4.69, 9.17) is 10.3 Å². The van der Waals surface area contributed by atoms with E-state index in [0.29, 0.717) is 5.56 Å². The van der Waals surface area contributed by atoms with E-state index < -0.39 is 33.3 Å². The SMILES string of the molecule is Cc1ccc(C(N)=O)c(C(F)(F)F)c1.O=S(=O)(O)C=Cc1ccccc1. The predicted octanol–water partition coefficient (Wildman–Crippen LogP) is 3.66. The van der Waals surface area contributed by atoms with Crippen molar-refractivity contribution in [2.24, 2.45) is 5.73 Å². The molecule has 2 aromatic rings. The van der Waals surface area contributed by atoms with Gasteiger partial charge in [-0.15, -0.1) is 0 Å². The molecule has 0 aromatic heterocycles. The lowest BCUT2D eigenvalue weighted by Gasteiger charge is -2.10. The number of benzene rings is 2. The first kappa shape index (κ1) is 21.4. The summed E-state index contributed by atoms with van der Waals surface area (Å²) in [6, 6.07) is 12.3. The number of halogens is 3. The number of hydrogen-bond donors (Lipinski definition) is 2. The molecular formula is C17H16F3NO4S. The molecule has 9 heteroatoms. The number of amides is 1. The highest BCUT2D eigenvalue weighted by Crippen LogP contribution is 2.32. The number of hydrogen-bond acceptors (Lipinski definition) is 3. The van der Waals surface area contributed by atoms with Crippen molar-refractivity contribution in [1.29, 1.82) is 0 Å². The number of carbonyl (C=O) groups excluding carboxylic acids is 1. The van der Waals surface area contributed by atoms with Crippen LogP contribution >= 0.6 is 0 Å².